The van der Waals surface area contributed by atoms with Gasteiger partial charge in [-0.25, -0.2) is 0 Å². The van der Waals surface area contributed by atoms with Gasteiger partial charge in [-0.2, -0.15) is 0 Å². The molecule has 1 atom stereocenters. The van der Waals surface area contributed by atoms with E-state index in [4.69, 9.17) is 4.42 Å². The van der Waals surface area contributed by atoms with E-state index in [1.165, 1.54) is 25.7 Å². The Morgan fingerprint density at radius 1 is 1.21 bits per heavy atom. The molecule has 2 heterocycles. The van der Waals surface area contributed by atoms with Gasteiger partial charge >= 0.3 is 0 Å². The molecular weight excluding hydrogens is 304 g/mol. The third kappa shape index (κ3) is 4.19. The van der Waals surface area contributed by atoms with Crippen LogP contribution in [0, 0.1) is 0 Å². The van der Waals surface area contributed by atoms with Crippen molar-refractivity contribution >= 4 is 5.91 Å². The van der Waals surface area contributed by atoms with E-state index in [0.717, 1.165) is 44.5 Å². The molecule has 134 valence electrons. The van der Waals surface area contributed by atoms with E-state index >= 15 is 0 Å². The third-order valence-corrected chi connectivity index (χ3v) is 5.56. The molecule has 2 aliphatic rings. The molecule has 1 aliphatic heterocycles. The van der Waals surface area contributed by atoms with Crippen LogP contribution in [0.3, 0.4) is 0 Å². The fourth-order valence-electron chi connectivity index (χ4n) is 3.90. The summed E-state index contributed by atoms with van der Waals surface area (Å²) in [6.45, 7) is 4.63. The molecule has 1 aromatic rings. The van der Waals surface area contributed by atoms with Gasteiger partial charge in [0.05, 0.1) is 11.6 Å². The monoisotopic (exact) mass is 334 g/mol. The molecule has 5 heteroatoms. The molecule has 1 aliphatic carbocycles. The predicted octanol–water partition coefficient (Wildman–Crippen LogP) is 3.25. The van der Waals surface area contributed by atoms with Crippen molar-refractivity contribution in [1.29, 1.82) is 0 Å². The van der Waals surface area contributed by atoms with E-state index < -0.39 is 5.60 Å². The van der Waals surface area contributed by atoms with Gasteiger partial charge in [0.15, 0.2) is 5.76 Å². The van der Waals surface area contributed by atoms with Crippen molar-refractivity contribution in [3.05, 3.63) is 23.7 Å². The van der Waals surface area contributed by atoms with E-state index in [0.29, 0.717) is 12.3 Å². The third-order valence-electron chi connectivity index (χ3n) is 5.56. The molecule has 1 aromatic heterocycles. The average Bonchev–Trinajstić information content (AvgIpc) is 3.11. The highest BCUT2D eigenvalue weighted by Crippen LogP contribution is 2.28. The summed E-state index contributed by atoms with van der Waals surface area (Å²) in [6, 6.07) is 3.86. The number of furan rings is 1. The first-order chi connectivity index (χ1) is 11.6. The van der Waals surface area contributed by atoms with Crippen LogP contribution in [-0.2, 0) is 0 Å². The number of hydrogen-bond acceptors (Lipinski definition) is 4. The molecule has 2 N–H and O–H groups in total. The Bertz CT molecular complexity index is 543. The van der Waals surface area contributed by atoms with Gasteiger partial charge in [-0.15, -0.1) is 0 Å². The Morgan fingerprint density at radius 2 is 1.88 bits per heavy atom. The minimum absolute atomic E-state index is 0.203. The smallest absolute Gasteiger partial charge is 0.287 e. The van der Waals surface area contributed by atoms with Crippen LogP contribution < -0.4 is 5.32 Å². The van der Waals surface area contributed by atoms with Crippen molar-refractivity contribution in [1.82, 2.24) is 10.2 Å². The molecular formula is C19H30N2O3. The zero-order chi connectivity index (χ0) is 17.0. The van der Waals surface area contributed by atoms with Crippen LogP contribution >= 0.6 is 0 Å². The summed E-state index contributed by atoms with van der Waals surface area (Å²) in [5.74, 6) is 0.956. The van der Waals surface area contributed by atoms with Crippen LogP contribution in [0.1, 0.15) is 80.6 Å². The van der Waals surface area contributed by atoms with E-state index in [9.17, 15) is 9.90 Å². The van der Waals surface area contributed by atoms with Crippen LogP contribution in [0.5, 0.6) is 0 Å². The molecule has 2 fully saturated rings. The number of nitrogens with zero attached hydrogens (tertiary/aromatic N) is 1. The number of aliphatic hydroxyl groups is 1. The van der Waals surface area contributed by atoms with Crippen molar-refractivity contribution in [3.8, 4) is 0 Å². The van der Waals surface area contributed by atoms with Crippen molar-refractivity contribution in [2.24, 2.45) is 0 Å². The number of carbonyl (C=O) groups excluding carboxylic acids is 1. The summed E-state index contributed by atoms with van der Waals surface area (Å²) in [6.07, 6.45) is 8.54. The Labute approximate surface area is 144 Å². The molecule has 0 spiro atoms. The van der Waals surface area contributed by atoms with Crippen LogP contribution in [0.15, 0.2) is 16.5 Å². The molecule has 0 bridgehead atoms. The summed E-state index contributed by atoms with van der Waals surface area (Å²) in [5.41, 5.74) is -0.746. The van der Waals surface area contributed by atoms with Crippen molar-refractivity contribution < 1.29 is 14.3 Å². The fourth-order valence-corrected chi connectivity index (χ4v) is 3.90. The van der Waals surface area contributed by atoms with Gasteiger partial charge < -0.3 is 14.8 Å². The molecule has 1 saturated heterocycles. The average molecular weight is 334 g/mol. The maximum atomic E-state index is 12.3. The number of carbonyl (C=O) groups is 1. The number of hydrogen-bond donors (Lipinski definition) is 2. The molecule has 5 nitrogen and oxygen atoms in total. The Balaban J connectivity index is 1.55. The quantitative estimate of drug-likeness (QED) is 0.867. The van der Waals surface area contributed by atoms with E-state index in [-0.39, 0.29) is 11.9 Å². The zero-order valence-electron chi connectivity index (χ0n) is 14.7. The lowest BCUT2D eigenvalue weighted by Gasteiger charge is -2.32. The summed E-state index contributed by atoms with van der Waals surface area (Å²) in [4.78, 5) is 14.7. The number of amides is 1. The summed E-state index contributed by atoms with van der Waals surface area (Å²) >= 11 is 0. The number of rotatable bonds is 5. The second-order valence-corrected chi connectivity index (χ2v) is 7.44. The molecule has 1 amide bonds. The topological polar surface area (TPSA) is 65.7 Å². The normalized spacial score (nSPS) is 22.9. The Kier molecular flexibility index (Phi) is 5.61. The second kappa shape index (κ2) is 7.70. The van der Waals surface area contributed by atoms with Gasteiger partial charge in [-0.05, 0) is 57.8 Å². The molecule has 1 saturated carbocycles. The summed E-state index contributed by atoms with van der Waals surface area (Å²) < 4.78 is 5.80. The highest BCUT2D eigenvalue weighted by Gasteiger charge is 2.30. The van der Waals surface area contributed by atoms with E-state index in [1.54, 1.807) is 6.07 Å². The highest BCUT2D eigenvalue weighted by atomic mass is 16.4. The number of piperidine rings is 1. The molecule has 0 radical (unpaired) electrons. The summed E-state index contributed by atoms with van der Waals surface area (Å²) in [7, 11) is 0. The van der Waals surface area contributed by atoms with E-state index in [2.05, 4.69) is 17.1 Å². The minimum atomic E-state index is -0.746. The minimum Gasteiger partial charge on any atom is -0.454 e. The fraction of sp³-hybridized carbons (Fsp3) is 0.737. The van der Waals surface area contributed by atoms with E-state index in [1.807, 2.05) is 6.07 Å². The van der Waals surface area contributed by atoms with Crippen LogP contribution in [-0.4, -0.2) is 41.1 Å². The van der Waals surface area contributed by atoms with Crippen LogP contribution in [0.25, 0.3) is 0 Å². The molecule has 0 aromatic carbocycles. The van der Waals surface area contributed by atoms with Gasteiger partial charge in [0.1, 0.15) is 5.76 Å². The molecule has 24 heavy (non-hydrogen) atoms. The number of nitrogens with one attached hydrogen (secondary N) is 1. The predicted molar refractivity (Wildman–Crippen MR) is 92.9 cm³/mol. The lowest BCUT2D eigenvalue weighted by atomic mass is 9.85. The van der Waals surface area contributed by atoms with Crippen molar-refractivity contribution in [3.63, 3.8) is 0 Å². The van der Waals surface area contributed by atoms with Gasteiger partial charge in [-0.3, -0.25) is 9.69 Å². The van der Waals surface area contributed by atoms with Gasteiger partial charge in [0.2, 0.25) is 0 Å². The van der Waals surface area contributed by atoms with Crippen LogP contribution in [0.4, 0.5) is 0 Å². The van der Waals surface area contributed by atoms with Crippen molar-refractivity contribution in [2.45, 2.75) is 69.9 Å². The lowest BCUT2D eigenvalue weighted by Crippen LogP contribution is -2.44. The van der Waals surface area contributed by atoms with Gasteiger partial charge in [-0.1, -0.05) is 25.7 Å². The molecule has 0 unspecified atom stereocenters. The SMILES string of the molecule is C[C@H](c1ccc(C(=O)NCC2(O)CCCCC2)o1)N1CCCCC1. The van der Waals surface area contributed by atoms with Gasteiger partial charge in [0, 0.05) is 6.54 Å². The first kappa shape index (κ1) is 17.5. The summed E-state index contributed by atoms with van der Waals surface area (Å²) in [5, 5.41) is 13.3. The largest absolute Gasteiger partial charge is 0.454 e. The Morgan fingerprint density at radius 3 is 2.58 bits per heavy atom. The van der Waals surface area contributed by atoms with Crippen LogP contribution in [0.2, 0.25) is 0 Å². The first-order valence-corrected chi connectivity index (χ1v) is 9.42. The highest BCUT2D eigenvalue weighted by molar-refractivity contribution is 5.91. The first-order valence-electron chi connectivity index (χ1n) is 9.42. The standard InChI is InChI=1S/C19H30N2O3/c1-15(21-12-6-3-7-13-21)16-8-9-17(24-16)18(22)20-14-19(23)10-4-2-5-11-19/h8-9,15,23H,2-7,10-14H2,1H3,(H,20,22)/t15-/m1/s1. The van der Waals surface area contributed by atoms with Gasteiger partial charge in [0.25, 0.3) is 5.91 Å². The maximum absolute atomic E-state index is 12.3. The number of likely N-dealkylation sites (tertiary alicyclic amines) is 1. The van der Waals surface area contributed by atoms with Crippen molar-refractivity contribution in [2.75, 3.05) is 19.6 Å². The Hall–Kier alpha value is -1.33. The lowest BCUT2D eigenvalue weighted by molar-refractivity contribution is 0.00499. The molecule has 3 rings (SSSR count). The second-order valence-electron chi connectivity index (χ2n) is 7.44. The maximum Gasteiger partial charge on any atom is 0.287 e. The zero-order valence-corrected chi connectivity index (χ0v) is 14.7.